The normalized spacial score (nSPS) is 10.1. The van der Waals surface area contributed by atoms with Crippen LogP contribution in [0.25, 0.3) is 0 Å². The zero-order valence-electron chi connectivity index (χ0n) is 10.3. The monoisotopic (exact) mass is 242 g/mol. The van der Waals surface area contributed by atoms with E-state index in [4.69, 9.17) is 10.5 Å². The second kappa shape index (κ2) is 6.67. The summed E-state index contributed by atoms with van der Waals surface area (Å²) in [5.74, 6) is 1.69. The zero-order valence-corrected chi connectivity index (χ0v) is 10.3. The van der Waals surface area contributed by atoms with Crippen molar-refractivity contribution in [1.29, 1.82) is 0 Å². The van der Waals surface area contributed by atoms with E-state index in [2.05, 4.69) is 5.32 Å². The van der Waals surface area contributed by atoms with E-state index in [1.807, 2.05) is 54.6 Å². The Morgan fingerprint density at radius 1 is 0.889 bits per heavy atom. The van der Waals surface area contributed by atoms with Crippen LogP contribution in [-0.4, -0.2) is 13.1 Å². The highest BCUT2D eigenvalue weighted by Crippen LogP contribution is 2.22. The predicted octanol–water partition coefficient (Wildman–Crippen LogP) is 3.24. The van der Waals surface area contributed by atoms with Crippen LogP contribution in [0.5, 0.6) is 11.5 Å². The minimum Gasteiger partial charge on any atom is -0.457 e. The molecule has 18 heavy (non-hydrogen) atoms. The van der Waals surface area contributed by atoms with Crippen LogP contribution in [0, 0.1) is 0 Å². The minimum absolute atomic E-state index is 0.711. The van der Waals surface area contributed by atoms with Crippen molar-refractivity contribution in [2.75, 3.05) is 18.4 Å². The largest absolute Gasteiger partial charge is 0.457 e. The summed E-state index contributed by atoms with van der Waals surface area (Å²) in [5.41, 5.74) is 6.53. The highest BCUT2D eigenvalue weighted by Gasteiger charge is 1.96. The number of hydrogen-bond donors (Lipinski definition) is 2. The third-order valence-corrected chi connectivity index (χ3v) is 2.54. The van der Waals surface area contributed by atoms with Crippen molar-refractivity contribution in [3.63, 3.8) is 0 Å². The molecule has 0 amide bonds. The van der Waals surface area contributed by atoms with Crippen LogP contribution in [-0.2, 0) is 0 Å². The number of anilines is 1. The van der Waals surface area contributed by atoms with Gasteiger partial charge in [-0.15, -0.1) is 0 Å². The Morgan fingerprint density at radius 2 is 1.56 bits per heavy atom. The summed E-state index contributed by atoms with van der Waals surface area (Å²) in [6, 6.07) is 17.7. The van der Waals surface area contributed by atoms with Gasteiger partial charge >= 0.3 is 0 Å². The van der Waals surface area contributed by atoms with Crippen LogP contribution in [0.2, 0.25) is 0 Å². The Labute approximate surface area is 108 Å². The van der Waals surface area contributed by atoms with Gasteiger partial charge in [0.1, 0.15) is 11.5 Å². The lowest BCUT2D eigenvalue weighted by molar-refractivity contribution is 0.483. The molecule has 0 aliphatic carbocycles. The summed E-state index contributed by atoms with van der Waals surface area (Å²) in [6.45, 7) is 1.61. The summed E-state index contributed by atoms with van der Waals surface area (Å²) < 4.78 is 5.71. The zero-order chi connectivity index (χ0) is 12.6. The van der Waals surface area contributed by atoms with E-state index in [1.165, 1.54) is 0 Å². The molecule has 0 fully saturated rings. The molecule has 0 aromatic heterocycles. The summed E-state index contributed by atoms with van der Waals surface area (Å²) in [5, 5.41) is 3.30. The molecule has 3 nitrogen and oxygen atoms in total. The Morgan fingerprint density at radius 3 is 2.22 bits per heavy atom. The Balaban J connectivity index is 1.91. The van der Waals surface area contributed by atoms with Crippen LogP contribution >= 0.6 is 0 Å². The fraction of sp³-hybridized carbons (Fsp3) is 0.200. The third kappa shape index (κ3) is 3.79. The number of rotatable bonds is 6. The molecule has 2 aromatic carbocycles. The van der Waals surface area contributed by atoms with E-state index in [0.29, 0.717) is 6.54 Å². The fourth-order valence-electron chi connectivity index (χ4n) is 1.60. The van der Waals surface area contributed by atoms with Gasteiger partial charge in [-0.3, -0.25) is 0 Å². The van der Waals surface area contributed by atoms with E-state index in [1.54, 1.807) is 0 Å². The average molecular weight is 242 g/mol. The topological polar surface area (TPSA) is 47.3 Å². The molecule has 3 N–H and O–H groups in total. The Hall–Kier alpha value is -2.00. The predicted molar refractivity (Wildman–Crippen MR) is 75.1 cm³/mol. The summed E-state index contributed by atoms with van der Waals surface area (Å²) in [4.78, 5) is 0. The molecule has 0 radical (unpaired) electrons. The van der Waals surface area contributed by atoms with Gasteiger partial charge in [0.05, 0.1) is 0 Å². The maximum atomic E-state index is 5.71. The molecule has 0 spiro atoms. The highest BCUT2D eigenvalue weighted by atomic mass is 16.5. The van der Waals surface area contributed by atoms with Crippen LogP contribution in [0.3, 0.4) is 0 Å². The lowest BCUT2D eigenvalue weighted by atomic mass is 10.3. The van der Waals surface area contributed by atoms with Crippen LogP contribution in [0.1, 0.15) is 6.42 Å². The van der Waals surface area contributed by atoms with Crippen molar-refractivity contribution in [3.8, 4) is 11.5 Å². The van der Waals surface area contributed by atoms with Crippen LogP contribution in [0.15, 0.2) is 54.6 Å². The maximum absolute atomic E-state index is 5.71. The van der Waals surface area contributed by atoms with Crippen molar-refractivity contribution in [3.05, 3.63) is 54.6 Å². The van der Waals surface area contributed by atoms with Crippen molar-refractivity contribution < 1.29 is 4.74 Å². The standard InChI is InChI=1S/C15H18N2O/c16-11-4-12-17-13-7-9-15(10-8-13)18-14-5-2-1-3-6-14/h1-3,5-10,17H,4,11-12,16H2. The number of ether oxygens (including phenoxy) is 1. The van der Waals surface area contributed by atoms with Crippen LogP contribution in [0.4, 0.5) is 5.69 Å². The van der Waals surface area contributed by atoms with Gasteiger partial charge in [0.15, 0.2) is 0 Å². The summed E-state index contributed by atoms with van der Waals surface area (Å²) in [6.07, 6.45) is 0.974. The smallest absolute Gasteiger partial charge is 0.127 e. The van der Waals surface area contributed by atoms with Gasteiger partial charge < -0.3 is 15.8 Å². The molecule has 3 heteroatoms. The van der Waals surface area contributed by atoms with E-state index >= 15 is 0 Å². The van der Waals surface area contributed by atoms with Gasteiger partial charge in [-0.2, -0.15) is 0 Å². The van der Waals surface area contributed by atoms with Crippen molar-refractivity contribution in [1.82, 2.24) is 0 Å². The molecule has 0 unspecified atom stereocenters. The van der Waals surface area contributed by atoms with Crippen molar-refractivity contribution in [2.45, 2.75) is 6.42 Å². The quantitative estimate of drug-likeness (QED) is 0.764. The fourth-order valence-corrected chi connectivity index (χ4v) is 1.60. The number of nitrogens with one attached hydrogen (secondary N) is 1. The first-order valence-electron chi connectivity index (χ1n) is 6.15. The van der Waals surface area contributed by atoms with E-state index in [-0.39, 0.29) is 0 Å². The molecule has 0 bridgehead atoms. The number of benzene rings is 2. The van der Waals surface area contributed by atoms with E-state index in [9.17, 15) is 0 Å². The molecule has 0 aliphatic rings. The molecule has 2 rings (SSSR count). The number of hydrogen-bond acceptors (Lipinski definition) is 3. The highest BCUT2D eigenvalue weighted by molar-refractivity contribution is 5.47. The number of para-hydroxylation sites is 1. The molecule has 0 saturated heterocycles. The summed E-state index contributed by atoms with van der Waals surface area (Å²) >= 11 is 0. The van der Waals surface area contributed by atoms with Gasteiger partial charge in [0.2, 0.25) is 0 Å². The molecule has 0 heterocycles. The first-order chi connectivity index (χ1) is 8.88. The summed E-state index contributed by atoms with van der Waals surface area (Å²) in [7, 11) is 0. The molecule has 0 aliphatic heterocycles. The van der Waals surface area contributed by atoms with Gasteiger partial charge in [0.25, 0.3) is 0 Å². The SMILES string of the molecule is NCCCNc1ccc(Oc2ccccc2)cc1. The van der Waals surface area contributed by atoms with E-state index in [0.717, 1.165) is 30.2 Å². The first kappa shape index (κ1) is 12.5. The van der Waals surface area contributed by atoms with Gasteiger partial charge in [-0.25, -0.2) is 0 Å². The maximum Gasteiger partial charge on any atom is 0.127 e. The Kier molecular flexibility index (Phi) is 4.61. The van der Waals surface area contributed by atoms with Crippen molar-refractivity contribution in [2.24, 2.45) is 5.73 Å². The first-order valence-corrected chi connectivity index (χ1v) is 6.15. The second-order valence-electron chi connectivity index (χ2n) is 4.01. The minimum atomic E-state index is 0.711. The molecule has 0 atom stereocenters. The van der Waals surface area contributed by atoms with Crippen LogP contribution < -0.4 is 15.8 Å². The Bertz CT molecular complexity index is 454. The van der Waals surface area contributed by atoms with Gasteiger partial charge in [-0.1, -0.05) is 18.2 Å². The third-order valence-electron chi connectivity index (χ3n) is 2.54. The van der Waals surface area contributed by atoms with E-state index < -0.39 is 0 Å². The molecule has 0 saturated carbocycles. The molecule has 94 valence electrons. The average Bonchev–Trinajstić information content (AvgIpc) is 2.42. The molecular weight excluding hydrogens is 224 g/mol. The molecule has 2 aromatic rings. The van der Waals surface area contributed by atoms with Crippen molar-refractivity contribution >= 4 is 5.69 Å². The number of nitrogens with two attached hydrogens (primary N) is 1. The second-order valence-corrected chi connectivity index (χ2v) is 4.01. The lowest BCUT2D eigenvalue weighted by Gasteiger charge is -2.08. The van der Waals surface area contributed by atoms with Gasteiger partial charge in [0, 0.05) is 12.2 Å². The molecular formula is C15H18N2O. The lowest BCUT2D eigenvalue weighted by Crippen LogP contribution is -2.08. The van der Waals surface area contributed by atoms with Gasteiger partial charge in [-0.05, 0) is 49.4 Å².